The minimum Gasteiger partial charge on any atom is -0.491 e. The molecule has 0 radical (unpaired) electrons. The van der Waals surface area contributed by atoms with E-state index >= 15 is 0 Å². The summed E-state index contributed by atoms with van der Waals surface area (Å²) in [6, 6.07) is 13.2. The number of nitrogens with one attached hydrogen (secondary N) is 1. The third kappa shape index (κ3) is 18.3. The maximum atomic E-state index is 13.5. The lowest BCUT2D eigenvalue weighted by molar-refractivity contribution is -0.138. The molecule has 0 aliphatic heterocycles. The maximum absolute atomic E-state index is 13.5. The minimum absolute atomic E-state index is 0.182. The van der Waals surface area contributed by atoms with E-state index in [9.17, 15) is 31.1 Å². The fraction of sp³-hybridized carbons (Fsp3) is 0.561. The van der Waals surface area contributed by atoms with Crippen LogP contribution >= 0.6 is 0 Å². The van der Waals surface area contributed by atoms with Crippen molar-refractivity contribution in [2.75, 3.05) is 85.9 Å². The summed E-state index contributed by atoms with van der Waals surface area (Å²) in [5.41, 5.74) is -1.98. The molecule has 1 N–H and O–H groups in total. The highest BCUT2D eigenvalue weighted by Gasteiger charge is 2.35. The van der Waals surface area contributed by atoms with Crippen LogP contribution in [0.4, 0.5) is 26.3 Å². The summed E-state index contributed by atoms with van der Waals surface area (Å²) in [7, 11) is 0. The molecule has 0 saturated heterocycles. The van der Waals surface area contributed by atoms with Gasteiger partial charge in [0.1, 0.15) is 12.4 Å². The molecule has 1 heterocycles. The van der Waals surface area contributed by atoms with Gasteiger partial charge in [0.25, 0.3) is 5.91 Å². The van der Waals surface area contributed by atoms with Crippen LogP contribution in [-0.2, 0) is 52.0 Å². The second-order valence-corrected chi connectivity index (χ2v) is 13.4. The number of pyridine rings is 1. The number of alkyl halides is 6. The molecular weight excluding hydrogens is 778 g/mol. The third-order valence-corrected chi connectivity index (χ3v) is 8.52. The smallest absolute Gasteiger partial charge is 0.417 e. The van der Waals surface area contributed by atoms with E-state index < -0.39 is 46.9 Å². The van der Waals surface area contributed by atoms with Gasteiger partial charge < -0.3 is 43.2 Å². The van der Waals surface area contributed by atoms with E-state index in [1.165, 1.54) is 26.0 Å². The summed E-state index contributed by atoms with van der Waals surface area (Å²) >= 11 is 0. The molecule has 1 aromatic heterocycles. The van der Waals surface area contributed by atoms with Gasteiger partial charge in [0.05, 0.1) is 83.8 Å². The molecule has 0 saturated carbocycles. The number of hydrogen-bond donors (Lipinski definition) is 1. The Balaban J connectivity index is 1.48. The fourth-order valence-electron chi connectivity index (χ4n) is 5.36. The largest absolute Gasteiger partial charge is 0.491 e. The van der Waals surface area contributed by atoms with Crippen LogP contribution in [0.5, 0.6) is 11.6 Å². The molecular formula is C41H54F6N2O9. The standard InChI is InChI=1S/C41H54F6N2O9/c1-5-51-15-16-52-17-18-53-19-20-54-21-22-55-23-24-56-25-26-57-35-8-6-7-32(28-35)36(27-31-9-11-33(12-10-31)40(42,43)44)30(2)49-38(50)39(3,4)58-37-14-13-34(29-48-37)41(45,46)47/h6-14,28-30,36H,5,15-27H2,1-4H3,(H,49,50). The van der Waals surface area contributed by atoms with E-state index in [1.54, 1.807) is 25.1 Å². The Morgan fingerprint density at radius 3 is 1.66 bits per heavy atom. The van der Waals surface area contributed by atoms with Crippen molar-refractivity contribution in [1.29, 1.82) is 0 Å². The second-order valence-electron chi connectivity index (χ2n) is 13.4. The average molecular weight is 833 g/mol. The molecule has 0 aliphatic carbocycles. The van der Waals surface area contributed by atoms with Crippen molar-refractivity contribution < 1.29 is 69.0 Å². The first-order valence-electron chi connectivity index (χ1n) is 19.0. The van der Waals surface area contributed by atoms with E-state index in [0.717, 1.165) is 29.8 Å². The molecule has 0 bridgehead atoms. The topological polar surface area (TPSA) is 116 Å². The lowest BCUT2D eigenvalue weighted by atomic mass is 9.86. The van der Waals surface area contributed by atoms with Gasteiger partial charge in [-0.05, 0) is 75.6 Å². The van der Waals surface area contributed by atoms with Crippen molar-refractivity contribution in [3.05, 3.63) is 89.1 Å². The Hall–Kier alpha value is -4.00. The number of nitrogens with zero attached hydrogens (tertiary/aromatic N) is 1. The third-order valence-electron chi connectivity index (χ3n) is 8.52. The first-order valence-corrected chi connectivity index (χ1v) is 19.0. The number of rotatable bonds is 28. The number of amides is 1. The van der Waals surface area contributed by atoms with Crippen molar-refractivity contribution in [2.45, 2.75) is 64.0 Å². The second kappa shape index (κ2) is 24.8. The molecule has 3 aromatic rings. The van der Waals surface area contributed by atoms with Gasteiger partial charge in [0.2, 0.25) is 5.88 Å². The van der Waals surface area contributed by atoms with E-state index in [4.69, 9.17) is 37.9 Å². The van der Waals surface area contributed by atoms with Gasteiger partial charge in [-0.2, -0.15) is 26.3 Å². The number of hydrogen-bond acceptors (Lipinski definition) is 10. The van der Waals surface area contributed by atoms with Crippen LogP contribution in [0.3, 0.4) is 0 Å². The molecule has 58 heavy (non-hydrogen) atoms. The van der Waals surface area contributed by atoms with Crippen molar-refractivity contribution in [2.24, 2.45) is 0 Å². The molecule has 2 unspecified atom stereocenters. The molecule has 2 atom stereocenters. The summed E-state index contributed by atoms with van der Waals surface area (Å²) in [5, 5.41) is 2.91. The summed E-state index contributed by atoms with van der Waals surface area (Å²) < 4.78 is 123. The molecule has 2 aromatic carbocycles. The molecule has 1 amide bonds. The van der Waals surface area contributed by atoms with E-state index in [1.807, 2.05) is 13.0 Å². The molecule has 0 spiro atoms. The molecule has 0 aliphatic rings. The van der Waals surface area contributed by atoms with Gasteiger partial charge >= 0.3 is 12.4 Å². The number of halogens is 6. The zero-order valence-corrected chi connectivity index (χ0v) is 33.3. The predicted molar refractivity (Wildman–Crippen MR) is 202 cm³/mol. The summed E-state index contributed by atoms with van der Waals surface area (Å²) in [5.74, 6) is -0.708. The summed E-state index contributed by atoms with van der Waals surface area (Å²) in [4.78, 5) is 17.2. The summed E-state index contributed by atoms with van der Waals surface area (Å²) in [6.45, 7) is 12.3. The highest BCUT2D eigenvalue weighted by atomic mass is 19.4. The van der Waals surface area contributed by atoms with Crippen LogP contribution in [0.2, 0.25) is 0 Å². The molecule has 0 fully saturated rings. The van der Waals surface area contributed by atoms with Crippen LogP contribution in [0, 0.1) is 0 Å². The SMILES string of the molecule is CCOCCOCCOCCOCCOCCOCCOc1cccc(C(Cc2ccc(C(F)(F)F)cc2)C(C)NC(=O)C(C)(C)Oc2ccc(C(F)(F)F)cn2)c1. The zero-order chi connectivity index (χ0) is 42.4. The quantitative estimate of drug-likeness (QED) is 0.0591. The highest BCUT2D eigenvalue weighted by molar-refractivity contribution is 5.85. The number of carbonyl (C=O) groups is 1. The lowest BCUT2D eigenvalue weighted by Crippen LogP contribution is -2.51. The van der Waals surface area contributed by atoms with Gasteiger partial charge in [-0.3, -0.25) is 4.79 Å². The van der Waals surface area contributed by atoms with Crippen LogP contribution in [-0.4, -0.2) is 108 Å². The minimum atomic E-state index is -4.59. The van der Waals surface area contributed by atoms with Crippen molar-refractivity contribution in [1.82, 2.24) is 10.3 Å². The molecule has 324 valence electrons. The lowest BCUT2D eigenvalue weighted by Gasteiger charge is -2.31. The van der Waals surface area contributed by atoms with E-state index in [0.29, 0.717) is 90.2 Å². The Labute approximate surface area is 335 Å². The van der Waals surface area contributed by atoms with Crippen molar-refractivity contribution in [3.63, 3.8) is 0 Å². The van der Waals surface area contributed by atoms with Gasteiger partial charge in [0.15, 0.2) is 5.60 Å². The van der Waals surface area contributed by atoms with E-state index in [-0.39, 0.29) is 25.5 Å². The fourth-order valence-corrected chi connectivity index (χ4v) is 5.36. The first kappa shape index (κ1) is 48.4. The molecule has 17 heteroatoms. The van der Waals surface area contributed by atoms with Crippen LogP contribution in [0.15, 0.2) is 66.9 Å². The predicted octanol–water partition coefficient (Wildman–Crippen LogP) is 7.31. The number of benzene rings is 2. The average Bonchev–Trinajstić information content (AvgIpc) is 3.17. The maximum Gasteiger partial charge on any atom is 0.417 e. The Kier molecular flexibility index (Phi) is 20.7. The monoisotopic (exact) mass is 832 g/mol. The Morgan fingerprint density at radius 1 is 0.672 bits per heavy atom. The highest BCUT2D eigenvalue weighted by Crippen LogP contribution is 2.33. The van der Waals surface area contributed by atoms with Crippen molar-refractivity contribution in [3.8, 4) is 11.6 Å². The van der Waals surface area contributed by atoms with Crippen LogP contribution in [0.1, 0.15) is 55.9 Å². The molecule has 3 rings (SSSR count). The Morgan fingerprint density at radius 2 is 1.17 bits per heavy atom. The van der Waals surface area contributed by atoms with Crippen molar-refractivity contribution >= 4 is 5.91 Å². The van der Waals surface area contributed by atoms with Gasteiger partial charge in [0, 0.05) is 30.8 Å². The number of carbonyl (C=O) groups excluding carboxylic acids is 1. The first-order chi connectivity index (χ1) is 27.6. The van der Waals surface area contributed by atoms with Crippen LogP contribution in [0.25, 0.3) is 0 Å². The normalized spacial score (nSPS) is 13.3. The van der Waals surface area contributed by atoms with Gasteiger partial charge in [-0.15, -0.1) is 0 Å². The summed E-state index contributed by atoms with van der Waals surface area (Å²) in [6.07, 6.45) is -8.22. The molecule has 11 nitrogen and oxygen atoms in total. The van der Waals surface area contributed by atoms with Crippen LogP contribution < -0.4 is 14.8 Å². The zero-order valence-electron chi connectivity index (χ0n) is 33.3. The van der Waals surface area contributed by atoms with E-state index in [2.05, 4.69) is 10.3 Å². The van der Waals surface area contributed by atoms with Gasteiger partial charge in [-0.1, -0.05) is 24.3 Å². The number of ether oxygens (including phenoxy) is 8. The Bertz CT molecular complexity index is 1590. The number of aromatic nitrogens is 1. The van der Waals surface area contributed by atoms with Gasteiger partial charge in [-0.25, -0.2) is 4.98 Å².